The second-order valence-electron chi connectivity index (χ2n) is 5.33. The van der Waals surface area contributed by atoms with E-state index in [1.54, 1.807) is 0 Å². The van der Waals surface area contributed by atoms with Gasteiger partial charge in [-0.05, 0) is 36.8 Å². The molecule has 1 aliphatic heterocycles. The molecule has 1 fully saturated rings. The van der Waals surface area contributed by atoms with Crippen LogP contribution in [-0.4, -0.2) is 23.4 Å². The monoisotopic (exact) mass is 298 g/mol. The number of urea groups is 1. The van der Waals surface area contributed by atoms with Gasteiger partial charge < -0.3 is 4.90 Å². The number of benzene rings is 2. The Hall–Kier alpha value is -2.69. The highest BCUT2D eigenvalue weighted by atomic mass is 19.1. The first-order chi connectivity index (χ1) is 10.5. The average Bonchev–Trinajstić information content (AvgIpc) is 2.77. The molecule has 5 heteroatoms. The van der Waals surface area contributed by atoms with Crippen molar-refractivity contribution in [3.63, 3.8) is 0 Å². The van der Waals surface area contributed by atoms with Crippen molar-refractivity contribution in [2.75, 3.05) is 11.4 Å². The minimum Gasteiger partial charge on any atom is -0.310 e. The number of hydrogen-bond donors (Lipinski definition) is 0. The number of halogens is 1. The molecule has 0 aromatic heterocycles. The first kappa shape index (κ1) is 14.3. The van der Waals surface area contributed by atoms with Crippen molar-refractivity contribution in [2.45, 2.75) is 13.5 Å². The smallest absolute Gasteiger partial charge is 0.310 e. The van der Waals surface area contributed by atoms with E-state index in [1.165, 1.54) is 29.2 Å². The Balaban J connectivity index is 1.79. The predicted octanol–water partition coefficient (Wildman–Crippen LogP) is 3.10. The second kappa shape index (κ2) is 5.60. The molecule has 2 aromatic carbocycles. The van der Waals surface area contributed by atoms with E-state index in [2.05, 4.69) is 0 Å². The van der Waals surface area contributed by atoms with Gasteiger partial charge in [-0.1, -0.05) is 29.8 Å². The van der Waals surface area contributed by atoms with Gasteiger partial charge in [-0.2, -0.15) is 0 Å². The molecule has 0 atom stereocenters. The molecular formula is C17H15FN2O2. The van der Waals surface area contributed by atoms with E-state index in [4.69, 9.17) is 0 Å². The third-order valence-electron chi connectivity index (χ3n) is 3.62. The van der Waals surface area contributed by atoms with E-state index in [0.29, 0.717) is 12.2 Å². The lowest BCUT2D eigenvalue weighted by Gasteiger charge is -2.17. The molecule has 22 heavy (non-hydrogen) atoms. The Labute approximate surface area is 127 Å². The number of anilines is 1. The molecule has 1 heterocycles. The Morgan fingerprint density at radius 2 is 1.64 bits per heavy atom. The minimum atomic E-state index is -0.403. The van der Waals surface area contributed by atoms with E-state index >= 15 is 0 Å². The quantitative estimate of drug-likeness (QED) is 0.817. The van der Waals surface area contributed by atoms with E-state index in [9.17, 15) is 14.0 Å². The first-order valence-corrected chi connectivity index (χ1v) is 6.97. The van der Waals surface area contributed by atoms with Gasteiger partial charge in [0.1, 0.15) is 12.4 Å². The lowest BCUT2D eigenvalue weighted by Crippen LogP contribution is -2.32. The molecule has 0 aliphatic carbocycles. The largest absolute Gasteiger partial charge is 0.332 e. The SMILES string of the molecule is Cc1ccc(CN2CC(=O)N(c3ccc(F)cc3)C2=O)cc1. The zero-order valence-corrected chi connectivity index (χ0v) is 12.1. The van der Waals surface area contributed by atoms with Crippen LogP contribution in [0, 0.1) is 12.7 Å². The molecule has 2 aromatic rings. The maximum Gasteiger partial charge on any atom is 0.332 e. The maximum absolute atomic E-state index is 13.0. The number of imide groups is 1. The third kappa shape index (κ3) is 2.70. The van der Waals surface area contributed by atoms with Gasteiger partial charge in [-0.15, -0.1) is 0 Å². The molecule has 1 aliphatic rings. The maximum atomic E-state index is 13.0. The summed E-state index contributed by atoms with van der Waals surface area (Å²) in [5.74, 6) is -0.705. The van der Waals surface area contributed by atoms with Gasteiger partial charge in [0.25, 0.3) is 5.91 Å². The first-order valence-electron chi connectivity index (χ1n) is 6.97. The third-order valence-corrected chi connectivity index (χ3v) is 3.62. The van der Waals surface area contributed by atoms with Gasteiger partial charge in [0.15, 0.2) is 0 Å². The molecule has 0 spiro atoms. The van der Waals surface area contributed by atoms with Crippen LogP contribution in [0.5, 0.6) is 0 Å². The van der Waals surface area contributed by atoms with Crippen molar-refractivity contribution in [1.29, 1.82) is 0 Å². The molecule has 3 rings (SSSR count). The summed E-state index contributed by atoms with van der Waals surface area (Å²) >= 11 is 0. The fraction of sp³-hybridized carbons (Fsp3) is 0.176. The molecule has 0 radical (unpaired) electrons. The highest BCUT2D eigenvalue weighted by Crippen LogP contribution is 2.23. The predicted molar refractivity (Wildman–Crippen MR) is 80.9 cm³/mol. The van der Waals surface area contributed by atoms with E-state index in [-0.39, 0.29) is 18.5 Å². The number of carbonyl (C=O) groups excluding carboxylic acids is 2. The highest BCUT2D eigenvalue weighted by molar-refractivity contribution is 6.19. The molecule has 0 N–H and O–H groups in total. The highest BCUT2D eigenvalue weighted by Gasteiger charge is 2.36. The Morgan fingerprint density at radius 1 is 1.00 bits per heavy atom. The summed E-state index contributed by atoms with van der Waals surface area (Å²) < 4.78 is 13.0. The van der Waals surface area contributed by atoms with Crippen LogP contribution in [0.25, 0.3) is 0 Å². The zero-order valence-electron chi connectivity index (χ0n) is 12.1. The summed E-state index contributed by atoms with van der Waals surface area (Å²) in [4.78, 5) is 27.1. The molecule has 0 unspecified atom stereocenters. The number of nitrogens with zero attached hydrogens (tertiary/aromatic N) is 2. The number of hydrogen-bond acceptors (Lipinski definition) is 2. The molecule has 112 valence electrons. The molecular weight excluding hydrogens is 283 g/mol. The summed E-state index contributed by atoms with van der Waals surface area (Å²) in [7, 11) is 0. The van der Waals surface area contributed by atoms with Gasteiger partial charge >= 0.3 is 6.03 Å². The molecule has 0 bridgehead atoms. The van der Waals surface area contributed by atoms with Crippen LogP contribution in [0.4, 0.5) is 14.9 Å². The van der Waals surface area contributed by atoms with Gasteiger partial charge in [0.05, 0.1) is 5.69 Å². The molecule has 0 saturated carbocycles. The number of carbonyl (C=O) groups is 2. The van der Waals surface area contributed by atoms with Crippen LogP contribution >= 0.6 is 0 Å². The van der Waals surface area contributed by atoms with Crippen LogP contribution in [0.15, 0.2) is 48.5 Å². The van der Waals surface area contributed by atoms with Gasteiger partial charge in [-0.25, -0.2) is 14.1 Å². The van der Waals surface area contributed by atoms with Crippen molar-refractivity contribution >= 4 is 17.6 Å². The van der Waals surface area contributed by atoms with E-state index < -0.39 is 5.82 Å². The summed E-state index contributed by atoms with van der Waals surface area (Å²) in [5.41, 5.74) is 2.50. The average molecular weight is 298 g/mol. The van der Waals surface area contributed by atoms with Crippen LogP contribution < -0.4 is 4.90 Å². The van der Waals surface area contributed by atoms with E-state index in [0.717, 1.165) is 16.0 Å². The molecule has 4 nitrogen and oxygen atoms in total. The normalized spacial score (nSPS) is 14.8. The van der Waals surface area contributed by atoms with Crippen molar-refractivity contribution in [3.8, 4) is 0 Å². The Morgan fingerprint density at radius 3 is 2.27 bits per heavy atom. The summed E-state index contributed by atoms with van der Waals surface area (Å²) in [6.07, 6.45) is 0. The van der Waals surface area contributed by atoms with Crippen LogP contribution in [0.1, 0.15) is 11.1 Å². The van der Waals surface area contributed by atoms with Crippen molar-refractivity contribution in [1.82, 2.24) is 4.90 Å². The van der Waals surface area contributed by atoms with Crippen LogP contribution in [0.3, 0.4) is 0 Å². The topological polar surface area (TPSA) is 40.6 Å². The van der Waals surface area contributed by atoms with Crippen LogP contribution in [0.2, 0.25) is 0 Å². The number of aryl methyl sites for hydroxylation is 1. The second-order valence-corrected chi connectivity index (χ2v) is 5.33. The van der Waals surface area contributed by atoms with Crippen LogP contribution in [-0.2, 0) is 11.3 Å². The summed E-state index contributed by atoms with van der Waals surface area (Å²) in [6, 6.07) is 12.8. The van der Waals surface area contributed by atoms with E-state index in [1.807, 2.05) is 31.2 Å². The zero-order chi connectivity index (χ0) is 15.7. The summed E-state index contributed by atoms with van der Waals surface area (Å²) in [5, 5.41) is 0. The number of amides is 3. The standard InChI is InChI=1S/C17H15FN2O2/c1-12-2-4-13(5-3-12)10-19-11-16(21)20(17(19)22)15-8-6-14(18)7-9-15/h2-9H,10-11H2,1H3. The lowest BCUT2D eigenvalue weighted by molar-refractivity contribution is -0.116. The van der Waals surface area contributed by atoms with Gasteiger partial charge in [-0.3, -0.25) is 4.79 Å². The van der Waals surface area contributed by atoms with Crippen molar-refractivity contribution in [2.24, 2.45) is 0 Å². The lowest BCUT2D eigenvalue weighted by atomic mass is 10.1. The number of rotatable bonds is 3. The molecule has 3 amide bonds. The van der Waals surface area contributed by atoms with Gasteiger partial charge in [0, 0.05) is 6.54 Å². The van der Waals surface area contributed by atoms with Crippen molar-refractivity contribution < 1.29 is 14.0 Å². The van der Waals surface area contributed by atoms with Gasteiger partial charge in [0.2, 0.25) is 0 Å². The Kier molecular flexibility index (Phi) is 3.63. The minimum absolute atomic E-state index is 0.0318. The fourth-order valence-corrected chi connectivity index (χ4v) is 2.43. The summed E-state index contributed by atoms with van der Waals surface area (Å²) in [6.45, 7) is 2.40. The van der Waals surface area contributed by atoms with Crippen molar-refractivity contribution in [3.05, 3.63) is 65.5 Å². The Bertz CT molecular complexity index is 710. The fourth-order valence-electron chi connectivity index (χ4n) is 2.43. The molecule has 1 saturated heterocycles.